The van der Waals surface area contributed by atoms with Crippen molar-refractivity contribution >= 4 is 10.8 Å². The fourth-order valence-electron chi connectivity index (χ4n) is 2.41. The van der Waals surface area contributed by atoms with E-state index in [1.165, 1.54) is 25.0 Å². The maximum Gasteiger partial charge on any atom is 0.0948 e. The van der Waals surface area contributed by atoms with Crippen LogP contribution in [0.2, 0.25) is 0 Å². The highest BCUT2D eigenvalue weighted by Crippen LogP contribution is 2.25. The van der Waals surface area contributed by atoms with Crippen LogP contribution in [0.15, 0.2) is 12.5 Å². The van der Waals surface area contributed by atoms with Crippen molar-refractivity contribution in [3.8, 4) is 0 Å². The normalized spacial score (nSPS) is 26.9. The Morgan fingerprint density at radius 3 is 3.12 bits per heavy atom. The number of hydrogen-bond acceptors (Lipinski definition) is 3. The topological polar surface area (TPSA) is 46.9 Å². The molecule has 17 heavy (non-hydrogen) atoms. The second-order valence-electron chi connectivity index (χ2n) is 4.84. The monoisotopic (exact) mass is 255 g/mol. The van der Waals surface area contributed by atoms with Gasteiger partial charge in [0.25, 0.3) is 0 Å². The van der Waals surface area contributed by atoms with Crippen molar-refractivity contribution in [1.29, 1.82) is 0 Å². The van der Waals surface area contributed by atoms with Gasteiger partial charge in [-0.1, -0.05) is 0 Å². The van der Waals surface area contributed by atoms with Gasteiger partial charge < -0.3 is 9.88 Å². The number of nitrogens with zero attached hydrogens (tertiary/aromatic N) is 2. The minimum absolute atomic E-state index is 0.409. The predicted octanol–water partition coefficient (Wildman–Crippen LogP) is 1.46. The molecule has 5 heteroatoms. The molecule has 2 heterocycles. The summed E-state index contributed by atoms with van der Waals surface area (Å²) in [5, 5.41) is 3.61. The molecule has 0 aliphatic carbocycles. The first-order chi connectivity index (χ1) is 8.16. The van der Waals surface area contributed by atoms with Gasteiger partial charge in [-0.05, 0) is 26.2 Å². The summed E-state index contributed by atoms with van der Waals surface area (Å²) in [5.74, 6) is 0.700. The zero-order chi connectivity index (χ0) is 12.3. The van der Waals surface area contributed by atoms with Crippen LogP contribution < -0.4 is 5.32 Å². The van der Waals surface area contributed by atoms with Crippen LogP contribution in [0.3, 0.4) is 0 Å². The second-order valence-corrected chi connectivity index (χ2v) is 6.40. The van der Waals surface area contributed by atoms with Gasteiger partial charge in [-0.15, -0.1) is 0 Å². The molecule has 0 spiro atoms. The highest BCUT2D eigenvalue weighted by molar-refractivity contribution is 7.84. The van der Waals surface area contributed by atoms with Gasteiger partial charge in [-0.3, -0.25) is 4.21 Å². The molecule has 2 rings (SSSR count). The summed E-state index contributed by atoms with van der Waals surface area (Å²) < 4.78 is 13.3. The van der Waals surface area contributed by atoms with Crippen molar-refractivity contribution in [3.05, 3.63) is 18.2 Å². The first-order valence-corrected chi connectivity index (χ1v) is 7.95. The highest BCUT2D eigenvalue weighted by atomic mass is 32.2. The molecule has 1 fully saturated rings. The summed E-state index contributed by atoms with van der Waals surface area (Å²) in [6.07, 6.45) is 9.23. The maximum atomic E-state index is 11.1. The zero-order valence-corrected chi connectivity index (χ0v) is 11.4. The van der Waals surface area contributed by atoms with Gasteiger partial charge in [-0.2, -0.15) is 0 Å². The average Bonchev–Trinajstić information content (AvgIpc) is 2.74. The van der Waals surface area contributed by atoms with E-state index < -0.39 is 10.8 Å². The molecule has 1 aliphatic heterocycles. The average molecular weight is 255 g/mol. The van der Waals surface area contributed by atoms with Crippen LogP contribution >= 0.6 is 0 Å². The molecule has 1 saturated heterocycles. The molecule has 0 amide bonds. The SMILES string of the molecule is CC1CCCC(c2cncn2CCS(C)=O)N1. The Balaban J connectivity index is 2.04. The van der Waals surface area contributed by atoms with E-state index in [-0.39, 0.29) is 0 Å². The summed E-state index contributed by atoms with van der Waals surface area (Å²) in [6, 6.07) is 0.990. The molecule has 0 radical (unpaired) electrons. The Morgan fingerprint density at radius 1 is 1.59 bits per heavy atom. The smallest absolute Gasteiger partial charge is 0.0948 e. The van der Waals surface area contributed by atoms with Crippen LogP contribution in [0, 0.1) is 0 Å². The van der Waals surface area contributed by atoms with E-state index in [0.29, 0.717) is 17.8 Å². The third kappa shape index (κ3) is 3.39. The molecular formula is C12H21N3OS. The minimum atomic E-state index is -0.739. The fraction of sp³-hybridized carbons (Fsp3) is 0.750. The molecule has 96 valence electrons. The van der Waals surface area contributed by atoms with Crippen LogP contribution in [-0.2, 0) is 17.3 Å². The quantitative estimate of drug-likeness (QED) is 0.886. The zero-order valence-electron chi connectivity index (χ0n) is 10.6. The Morgan fingerprint density at radius 2 is 2.41 bits per heavy atom. The molecule has 1 aliphatic rings. The lowest BCUT2D eigenvalue weighted by Gasteiger charge is -2.29. The van der Waals surface area contributed by atoms with E-state index in [1.807, 2.05) is 12.5 Å². The molecule has 3 unspecified atom stereocenters. The largest absolute Gasteiger partial charge is 0.332 e. The number of hydrogen-bond donors (Lipinski definition) is 1. The Hall–Kier alpha value is -0.680. The summed E-state index contributed by atoms with van der Waals surface area (Å²) in [4.78, 5) is 4.22. The van der Waals surface area contributed by atoms with E-state index in [1.54, 1.807) is 6.26 Å². The Labute approximate surface area is 105 Å². The van der Waals surface area contributed by atoms with Gasteiger partial charge in [0.15, 0.2) is 0 Å². The van der Waals surface area contributed by atoms with Crippen molar-refractivity contribution in [2.75, 3.05) is 12.0 Å². The van der Waals surface area contributed by atoms with Gasteiger partial charge >= 0.3 is 0 Å². The van der Waals surface area contributed by atoms with Crippen molar-refractivity contribution in [1.82, 2.24) is 14.9 Å². The van der Waals surface area contributed by atoms with Gasteiger partial charge in [0.05, 0.1) is 12.0 Å². The van der Waals surface area contributed by atoms with Crippen LogP contribution in [0.5, 0.6) is 0 Å². The predicted molar refractivity (Wildman–Crippen MR) is 70.4 cm³/mol. The van der Waals surface area contributed by atoms with Crippen molar-refractivity contribution < 1.29 is 4.21 Å². The standard InChI is InChI=1S/C12H21N3OS/c1-10-4-3-5-11(14-10)12-8-13-9-15(12)6-7-17(2)16/h8-11,14H,3-7H2,1-2H3. The van der Waals surface area contributed by atoms with Gasteiger partial charge in [0.1, 0.15) is 0 Å². The summed E-state index contributed by atoms with van der Waals surface area (Å²) in [7, 11) is -0.739. The Kier molecular flexibility index (Phi) is 4.34. The Bertz CT molecular complexity index is 391. The molecule has 1 aromatic rings. The van der Waals surface area contributed by atoms with E-state index >= 15 is 0 Å². The van der Waals surface area contributed by atoms with Gasteiger partial charge in [0.2, 0.25) is 0 Å². The maximum absolute atomic E-state index is 11.1. The van der Waals surface area contributed by atoms with E-state index in [0.717, 1.165) is 6.54 Å². The lowest BCUT2D eigenvalue weighted by Crippen LogP contribution is -2.35. The van der Waals surface area contributed by atoms with Crippen LogP contribution in [0.25, 0.3) is 0 Å². The number of imidazole rings is 1. The number of rotatable bonds is 4. The number of piperidine rings is 1. The van der Waals surface area contributed by atoms with E-state index in [2.05, 4.69) is 21.8 Å². The number of aromatic nitrogens is 2. The number of aryl methyl sites for hydroxylation is 1. The molecule has 4 nitrogen and oxygen atoms in total. The van der Waals surface area contributed by atoms with Crippen LogP contribution in [-0.4, -0.2) is 31.8 Å². The molecular weight excluding hydrogens is 234 g/mol. The third-order valence-corrected chi connectivity index (χ3v) is 4.09. The van der Waals surface area contributed by atoms with E-state index in [4.69, 9.17) is 0 Å². The molecule has 0 aromatic carbocycles. The van der Waals surface area contributed by atoms with Crippen molar-refractivity contribution in [2.45, 2.75) is 44.8 Å². The van der Waals surface area contributed by atoms with Crippen LogP contribution in [0.4, 0.5) is 0 Å². The highest BCUT2D eigenvalue weighted by Gasteiger charge is 2.21. The summed E-state index contributed by atoms with van der Waals surface area (Å²) >= 11 is 0. The second kappa shape index (κ2) is 5.78. The molecule has 1 N–H and O–H groups in total. The van der Waals surface area contributed by atoms with Gasteiger partial charge in [-0.25, -0.2) is 4.98 Å². The minimum Gasteiger partial charge on any atom is -0.332 e. The third-order valence-electron chi connectivity index (χ3n) is 3.34. The van der Waals surface area contributed by atoms with Crippen molar-refractivity contribution in [3.63, 3.8) is 0 Å². The first kappa shape index (κ1) is 12.8. The fourth-order valence-corrected chi connectivity index (χ4v) is 2.86. The van der Waals surface area contributed by atoms with Crippen molar-refractivity contribution in [2.24, 2.45) is 0 Å². The number of nitrogens with one attached hydrogen (secondary N) is 1. The van der Waals surface area contributed by atoms with E-state index in [9.17, 15) is 4.21 Å². The molecule has 3 atom stereocenters. The molecule has 0 saturated carbocycles. The summed E-state index contributed by atoms with van der Waals surface area (Å²) in [6.45, 7) is 3.03. The van der Waals surface area contributed by atoms with Crippen LogP contribution in [0.1, 0.15) is 37.9 Å². The summed E-state index contributed by atoms with van der Waals surface area (Å²) in [5.41, 5.74) is 1.24. The molecule has 0 bridgehead atoms. The van der Waals surface area contributed by atoms with Gasteiger partial charge in [0, 0.05) is 47.6 Å². The lowest BCUT2D eigenvalue weighted by molar-refractivity contribution is 0.330. The molecule has 1 aromatic heterocycles. The lowest BCUT2D eigenvalue weighted by atomic mass is 9.98. The first-order valence-electron chi connectivity index (χ1n) is 6.23.